The molecule has 0 bridgehead atoms. The number of benzene rings is 1. The maximum absolute atomic E-state index is 11.9. The van der Waals surface area contributed by atoms with E-state index in [0.717, 1.165) is 0 Å². The molecule has 0 spiro atoms. The summed E-state index contributed by atoms with van der Waals surface area (Å²) in [5.74, 6) is 1.04. The number of ether oxygens (including phenoxy) is 3. The highest BCUT2D eigenvalue weighted by atomic mass is 16.6. The molecule has 0 aliphatic carbocycles. The lowest BCUT2D eigenvalue weighted by molar-refractivity contribution is -0.233. The van der Waals surface area contributed by atoms with Crippen LogP contribution < -0.4 is 20.2 Å². The van der Waals surface area contributed by atoms with E-state index in [1.807, 2.05) is 0 Å². The minimum Gasteiger partial charge on any atom is -0.493 e. The number of amides is 2. The molecule has 6 N–H and O–H groups in total. The zero-order valence-electron chi connectivity index (χ0n) is 14.8. The maximum atomic E-state index is 11.9. The van der Waals surface area contributed by atoms with E-state index in [4.69, 9.17) is 19.3 Å². The highest BCUT2D eigenvalue weighted by Gasteiger charge is 2.43. The first-order valence-electron chi connectivity index (χ1n) is 8.03. The Kier molecular flexibility index (Phi) is 7.33. The van der Waals surface area contributed by atoms with Crippen LogP contribution in [0.15, 0.2) is 23.3 Å². The number of urea groups is 1. The van der Waals surface area contributed by atoms with Crippen molar-refractivity contribution in [1.82, 2.24) is 10.7 Å². The van der Waals surface area contributed by atoms with E-state index in [9.17, 15) is 20.1 Å². The minimum atomic E-state index is -1.59. The van der Waals surface area contributed by atoms with Gasteiger partial charge in [-0.3, -0.25) is 0 Å². The third-order valence-corrected chi connectivity index (χ3v) is 3.95. The van der Waals surface area contributed by atoms with Gasteiger partial charge in [0.2, 0.25) is 0 Å². The Morgan fingerprint density at radius 3 is 2.52 bits per heavy atom. The quantitative estimate of drug-likeness (QED) is 0.245. The second-order valence-electron chi connectivity index (χ2n) is 5.71. The number of hydrogen-bond donors (Lipinski definition) is 6. The third kappa shape index (κ3) is 5.05. The fraction of sp³-hybridized carbons (Fsp3) is 0.500. The molecule has 2 amide bonds. The third-order valence-electron chi connectivity index (χ3n) is 3.95. The lowest BCUT2D eigenvalue weighted by atomic mass is 9.98. The summed E-state index contributed by atoms with van der Waals surface area (Å²) in [6.07, 6.45) is -5.77. The van der Waals surface area contributed by atoms with Crippen LogP contribution in [0.25, 0.3) is 0 Å². The van der Waals surface area contributed by atoms with Crippen LogP contribution in [0.1, 0.15) is 5.56 Å². The molecular weight excluding hydrogens is 362 g/mol. The molecule has 150 valence electrons. The Balaban J connectivity index is 1.93. The average Bonchev–Trinajstić information content (AvgIpc) is 2.68. The van der Waals surface area contributed by atoms with E-state index in [1.54, 1.807) is 18.2 Å². The Bertz CT molecular complexity index is 669. The molecule has 1 aromatic rings. The summed E-state index contributed by atoms with van der Waals surface area (Å²) in [5, 5.41) is 44.4. The number of nitrogens with one attached hydrogen (secondary N) is 2. The molecule has 0 saturated carbocycles. The van der Waals surface area contributed by atoms with Gasteiger partial charge >= 0.3 is 6.03 Å². The molecule has 1 aromatic carbocycles. The Morgan fingerprint density at radius 2 is 1.89 bits per heavy atom. The number of methoxy groups -OCH3 is 2. The van der Waals surface area contributed by atoms with Gasteiger partial charge in [0.15, 0.2) is 17.7 Å². The van der Waals surface area contributed by atoms with E-state index in [-0.39, 0.29) is 0 Å². The smallest absolute Gasteiger partial charge is 0.337 e. The molecular formula is C16H23N3O8. The first kappa shape index (κ1) is 20.9. The average molecular weight is 385 g/mol. The van der Waals surface area contributed by atoms with Crippen LogP contribution in [-0.2, 0) is 4.74 Å². The lowest BCUT2D eigenvalue weighted by Gasteiger charge is -2.39. The van der Waals surface area contributed by atoms with Gasteiger partial charge in [0.1, 0.15) is 24.4 Å². The molecule has 1 aliphatic rings. The van der Waals surface area contributed by atoms with Gasteiger partial charge in [-0.2, -0.15) is 5.10 Å². The van der Waals surface area contributed by atoms with Crippen LogP contribution in [-0.4, -0.2) is 84.1 Å². The number of aliphatic hydroxyl groups is 4. The summed E-state index contributed by atoms with van der Waals surface area (Å²) in [6, 6.07) is 4.20. The highest BCUT2D eigenvalue weighted by molar-refractivity contribution is 5.82. The van der Waals surface area contributed by atoms with Gasteiger partial charge < -0.3 is 40.0 Å². The van der Waals surface area contributed by atoms with Crippen LogP contribution >= 0.6 is 0 Å². The minimum absolute atomic E-state index is 0.493. The zero-order chi connectivity index (χ0) is 20.0. The monoisotopic (exact) mass is 385 g/mol. The predicted molar refractivity (Wildman–Crippen MR) is 92.6 cm³/mol. The standard InChI is InChI=1S/C16H23N3O8/c1-25-9-4-3-8(5-10(9)26-2)6-17-19-16(24)18-15-14(23)13(22)12(21)11(7-20)27-15/h3-6,11-15,20-23H,7H2,1-2H3,(H2,18,19,24)/b17-6+/t11-,12-,13+,14-,15-/m1/s1. The molecule has 2 rings (SSSR count). The molecule has 11 heteroatoms. The molecule has 1 saturated heterocycles. The van der Waals surface area contributed by atoms with E-state index < -0.39 is 43.3 Å². The van der Waals surface area contributed by atoms with Gasteiger partial charge in [0.25, 0.3) is 0 Å². The number of nitrogens with zero attached hydrogens (tertiary/aromatic N) is 1. The summed E-state index contributed by atoms with van der Waals surface area (Å²) in [7, 11) is 3.00. The van der Waals surface area contributed by atoms with Crippen LogP contribution in [0, 0.1) is 0 Å². The van der Waals surface area contributed by atoms with Crippen molar-refractivity contribution in [2.45, 2.75) is 30.6 Å². The van der Waals surface area contributed by atoms with Crippen LogP contribution in [0.5, 0.6) is 11.5 Å². The summed E-state index contributed by atoms with van der Waals surface area (Å²) in [6.45, 7) is -0.595. The highest BCUT2D eigenvalue weighted by Crippen LogP contribution is 2.26. The number of carbonyl (C=O) groups is 1. The zero-order valence-corrected chi connectivity index (χ0v) is 14.8. The topological polar surface area (TPSA) is 162 Å². The van der Waals surface area contributed by atoms with Crippen molar-refractivity contribution in [1.29, 1.82) is 0 Å². The largest absolute Gasteiger partial charge is 0.493 e. The molecule has 27 heavy (non-hydrogen) atoms. The number of aliphatic hydroxyl groups excluding tert-OH is 4. The van der Waals surface area contributed by atoms with Gasteiger partial charge in [0.05, 0.1) is 27.0 Å². The van der Waals surface area contributed by atoms with Crippen molar-refractivity contribution in [2.24, 2.45) is 5.10 Å². The first-order chi connectivity index (χ1) is 12.9. The maximum Gasteiger partial charge on any atom is 0.337 e. The van der Waals surface area contributed by atoms with Crippen molar-refractivity contribution in [2.75, 3.05) is 20.8 Å². The van der Waals surface area contributed by atoms with Crippen LogP contribution in [0.3, 0.4) is 0 Å². The molecule has 1 fully saturated rings. The van der Waals surface area contributed by atoms with Crippen molar-refractivity contribution < 1.29 is 39.4 Å². The number of hydrogen-bond acceptors (Lipinski definition) is 9. The fourth-order valence-corrected chi connectivity index (χ4v) is 2.48. The van der Waals surface area contributed by atoms with Crippen LogP contribution in [0.4, 0.5) is 4.79 Å². The van der Waals surface area contributed by atoms with Crippen LogP contribution in [0.2, 0.25) is 0 Å². The summed E-state index contributed by atoms with van der Waals surface area (Å²) in [5.41, 5.74) is 2.80. The van der Waals surface area contributed by atoms with Gasteiger partial charge in [-0.25, -0.2) is 10.2 Å². The fourth-order valence-electron chi connectivity index (χ4n) is 2.48. The number of rotatable bonds is 6. The SMILES string of the molecule is COc1ccc(/C=N/NC(=O)N[C@@H]2O[C@H](CO)[C@@H](O)[C@H](O)[C@H]2O)cc1OC. The molecule has 0 unspecified atom stereocenters. The molecule has 11 nitrogen and oxygen atoms in total. The van der Waals surface area contributed by atoms with Gasteiger partial charge in [-0.1, -0.05) is 0 Å². The number of hydrazone groups is 1. The van der Waals surface area contributed by atoms with Crippen molar-refractivity contribution in [3.8, 4) is 11.5 Å². The van der Waals surface area contributed by atoms with Crippen molar-refractivity contribution in [3.63, 3.8) is 0 Å². The second-order valence-corrected chi connectivity index (χ2v) is 5.71. The van der Waals surface area contributed by atoms with E-state index >= 15 is 0 Å². The lowest BCUT2D eigenvalue weighted by Crippen LogP contribution is -2.63. The van der Waals surface area contributed by atoms with Gasteiger partial charge in [-0.15, -0.1) is 0 Å². The van der Waals surface area contributed by atoms with E-state index in [2.05, 4.69) is 15.8 Å². The summed E-state index contributed by atoms with van der Waals surface area (Å²) < 4.78 is 15.4. The van der Waals surface area contributed by atoms with Gasteiger partial charge in [0, 0.05) is 0 Å². The van der Waals surface area contributed by atoms with Gasteiger partial charge in [-0.05, 0) is 23.8 Å². The molecule has 5 atom stereocenters. The molecule has 0 aromatic heterocycles. The number of carbonyl (C=O) groups excluding carboxylic acids is 1. The van der Waals surface area contributed by atoms with E-state index in [0.29, 0.717) is 17.1 Å². The predicted octanol–water partition coefficient (Wildman–Crippen LogP) is -1.86. The first-order valence-corrected chi connectivity index (χ1v) is 8.03. The van der Waals surface area contributed by atoms with Crippen molar-refractivity contribution in [3.05, 3.63) is 23.8 Å². The molecule has 1 heterocycles. The normalized spacial score (nSPS) is 28.0. The summed E-state index contributed by atoms with van der Waals surface area (Å²) in [4.78, 5) is 11.9. The van der Waals surface area contributed by atoms with Crippen molar-refractivity contribution >= 4 is 12.2 Å². The summed E-state index contributed by atoms with van der Waals surface area (Å²) >= 11 is 0. The Morgan fingerprint density at radius 1 is 1.19 bits per heavy atom. The molecule has 1 aliphatic heterocycles. The Labute approximate surface area is 155 Å². The Hall–Kier alpha value is -2.44. The molecule has 0 radical (unpaired) electrons. The van der Waals surface area contributed by atoms with E-state index in [1.165, 1.54) is 20.4 Å². The second kappa shape index (κ2) is 9.48.